The van der Waals surface area contributed by atoms with Crippen molar-refractivity contribution in [1.82, 2.24) is 5.32 Å². The van der Waals surface area contributed by atoms with Gasteiger partial charge in [0.15, 0.2) is 11.6 Å². The molecule has 2 aromatic carbocycles. The van der Waals surface area contributed by atoms with Gasteiger partial charge in [-0.1, -0.05) is 18.2 Å². The fourth-order valence-corrected chi connectivity index (χ4v) is 2.34. The lowest BCUT2D eigenvalue weighted by Crippen LogP contribution is -2.18. The average molecular weight is 293 g/mol. The zero-order valence-electron chi connectivity index (χ0n) is 11.5. The predicted octanol–water partition coefficient (Wildman–Crippen LogP) is 4.54. The molecule has 2 rings (SSSR count). The molecule has 1 unspecified atom stereocenters. The Labute approximate surface area is 122 Å². The van der Waals surface area contributed by atoms with Crippen LogP contribution >= 0.6 is 11.8 Å². The van der Waals surface area contributed by atoms with Gasteiger partial charge in [-0.3, -0.25) is 0 Å². The third-order valence-electron chi connectivity index (χ3n) is 3.21. The molecule has 20 heavy (non-hydrogen) atoms. The summed E-state index contributed by atoms with van der Waals surface area (Å²) in [6.45, 7) is 2.55. The van der Waals surface area contributed by atoms with E-state index in [0.29, 0.717) is 6.54 Å². The van der Waals surface area contributed by atoms with Gasteiger partial charge in [-0.05, 0) is 48.6 Å². The summed E-state index contributed by atoms with van der Waals surface area (Å²) < 4.78 is 25.9. The minimum Gasteiger partial charge on any atom is -0.306 e. The van der Waals surface area contributed by atoms with Gasteiger partial charge in [0.05, 0.1) is 0 Å². The molecule has 0 bridgehead atoms. The van der Waals surface area contributed by atoms with E-state index in [2.05, 4.69) is 29.6 Å². The summed E-state index contributed by atoms with van der Waals surface area (Å²) >= 11 is 1.70. The van der Waals surface area contributed by atoms with Crippen molar-refractivity contribution in [2.45, 2.75) is 24.4 Å². The second-order valence-electron chi connectivity index (χ2n) is 4.62. The maximum absolute atomic E-state index is 13.1. The highest BCUT2D eigenvalue weighted by Gasteiger charge is 2.06. The van der Waals surface area contributed by atoms with Crippen molar-refractivity contribution in [3.05, 3.63) is 65.2 Å². The fourth-order valence-electron chi connectivity index (χ4n) is 1.93. The Hall–Kier alpha value is -1.39. The van der Waals surface area contributed by atoms with Crippen molar-refractivity contribution in [3.63, 3.8) is 0 Å². The largest absolute Gasteiger partial charge is 0.306 e. The van der Waals surface area contributed by atoms with Gasteiger partial charge in [0.25, 0.3) is 0 Å². The van der Waals surface area contributed by atoms with Gasteiger partial charge in [0, 0.05) is 17.5 Å². The normalized spacial score (nSPS) is 12.4. The van der Waals surface area contributed by atoms with Gasteiger partial charge in [-0.25, -0.2) is 8.78 Å². The van der Waals surface area contributed by atoms with Crippen molar-refractivity contribution < 1.29 is 8.78 Å². The Kier molecular flexibility index (Phi) is 5.15. The molecule has 106 valence electrons. The molecule has 0 saturated carbocycles. The van der Waals surface area contributed by atoms with Crippen LogP contribution in [0.15, 0.2) is 47.4 Å². The molecule has 0 spiro atoms. The van der Waals surface area contributed by atoms with Crippen LogP contribution in [0.3, 0.4) is 0 Å². The number of benzene rings is 2. The van der Waals surface area contributed by atoms with Crippen molar-refractivity contribution in [3.8, 4) is 0 Å². The maximum atomic E-state index is 13.1. The average Bonchev–Trinajstić information content (AvgIpc) is 2.48. The minimum absolute atomic E-state index is 0.152. The lowest BCUT2D eigenvalue weighted by atomic mass is 10.1. The van der Waals surface area contributed by atoms with E-state index in [1.54, 1.807) is 17.8 Å². The van der Waals surface area contributed by atoms with Gasteiger partial charge in [0.2, 0.25) is 0 Å². The van der Waals surface area contributed by atoms with Crippen molar-refractivity contribution in [2.24, 2.45) is 0 Å². The minimum atomic E-state index is -0.811. The quantitative estimate of drug-likeness (QED) is 0.812. The Bertz CT molecular complexity index is 569. The van der Waals surface area contributed by atoms with Crippen LogP contribution < -0.4 is 5.32 Å². The fraction of sp³-hybridized carbons (Fsp3) is 0.250. The number of thioether (sulfide) groups is 1. The molecule has 0 radical (unpaired) electrons. The summed E-state index contributed by atoms with van der Waals surface area (Å²) in [5.74, 6) is -1.62. The topological polar surface area (TPSA) is 12.0 Å². The number of rotatable bonds is 5. The highest BCUT2D eigenvalue weighted by Crippen LogP contribution is 2.19. The molecule has 1 nitrogen and oxygen atoms in total. The van der Waals surface area contributed by atoms with E-state index < -0.39 is 11.6 Å². The van der Waals surface area contributed by atoms with Crippen LogP contribution in [0.4, 0.5) is 8.78 Å². The van der Waals surface area contributed by atoms with E-state index in [1.807, 2.05) is 13.2 Å². The first-order chi connectivity index (χ1) is 9.60. The smallest absolute Gasteiger partial charge is 0.159 e. The Morgan fingerprint density at radius 2 is 1.75 bits per heavy atom. The van der Waals surface area contributed by atoms with Crippen molar-refractivity contribution in [2.75, 3.05) is 6.26 Å². The van der Waals surface area contributed by atoms with E-state index in [-0.39, 0.29) is 6.04 Å². The Balaban J connectivity index is 1.96. The second kappa shape index (κ2) is 6.86. The highest BCUT2D eigenvalue weighted by atomic mass is 32.2. The Morgan fingerprint density at radius 1 is 1.05 bits per heavy atom. The number of nitrogens with one attached hydrogen (secondary N) is 1. The van der Waals surface area contributed by atoms with Crippen LogP contribution in [0.1, 0.15) is 24.1 Å². The predicted molar refractivity (Wildman–Crippen MR) is 79.8 cm³/mol. The number of halogens is 2. The zero-order chi connectivity index (χ0) is 14.5. The van der Waals surface area contributed by atoms with Crippen LogP contribution in [-0.2, 0) is 6.54 Å². The molecule has 4 heteroatoms. The molecule has 2 aromatic rings. The van der Waals surface area contributed by atoms with Crippen LogP contribution in [0, 0.1) is 11.6 Å². The summed E-state index contributed by atoms with van der Waals surface area (Å²) in [6.07, 6.45) is 2.04. The molecule has 0 fully saturated rings. The molecular formula is C16H17F2NS. The monoisotopic (exact) mass is 293 g/mol. The lowest BCUT2D eigenvalue weighted by molar-refractivity contribution is 0.504. The SMILES string of the molecule is CSc1ccc(C(C)NCc2ccc(F)c(F)c2)cc1. The van der Waals surface area contributed by atoms with Crippen molar-refractivity contribution in [1.29, 1.82) is 0 Å². The maximum Gasteiger partial charge on any atom is 0.159 e. The first-order valence-electron chi connectivity index (χ1n) is 6.41. The number of hydrogen-bond donors (Lipinski definition) is 1. The summed E-state index contributed by atoms with van der Waals surface area (Å²) in [6, 6.07) is 12.4. The van der Waals surface area contributed by atoms with Gasteiger partial charge in [-0.2, -0.15) is 0 Å². The third kappa shape index (κ3) is 3.81. The molecule has 0 aliphatic carbocycles. The second-order valence-corrected chi connectivity index (χ2v) is 5.50. The third-order valence-corrected chi connectivity index (χ3v) is 3.96. The first kappa shape index (κ1) is 15.0. The first-order valence-corrected chi connectivity index (χ1v) is 7.64. The number of hydrogen-bond acceptors (Lipinski definition) is 2. The molecular weight excluding hydrogens is 276 g/mol. The van der Waals surface area contributed by atoms with Gasteiger partial charge >= 0.3 is 0 Å². The van der Waals surface area contributed by atoms with Crippen LogP contribution in [0.2, 0.25) is 0 Å². The molecule has 1 N–H and O–H groups in total. The van der Waals surface area contributed by atoms with Crippen LogP contribution in [-0.4, -0.2) is 6.26 Å². The Morgan fingerprint density at radius 3 is 2.35 bits per heavy atom. The summed E-state index contributed by atoms with van der Waals surface area (Å²) in [5.41, 5.74) is 1.90. The molecule has 0 aliphatic heterocycles. The van der Waals surface area contributed by atoms with E-state index in [4.69, 9.17) is 0 Å². The highest BCUT2D eigenvalue weighted by molar-refractivity contribution is 7.98. The van der Waals surface area contributed by atoms with Crippen LogP contribution in [0.5, 0.6) is 0 Å². The summed E-state index contributed by atoms with van der Waals surface area (Å²) in [4.78, 5) is 1.22. The standard InChI is InChI=1S/C16H17F2NS/c1-11(13-4-6-14(20-2)7-5-13)19-10-12-3-8-15(17)16(18)9-12/h3-9,11,19H,10H2,1-2H3. The molecule has 1 atom stereocenters. The van der Waals surface area contributed by atoms with Crippen molar-refractivity contribution >= 4 is 11.8 Å². The van der Waals surface area contributed by atoms with E-state index in [9.17, 15) is 8.78 Å². The van der Waals surface area contributed by atoms with Gasteiger partial charge in [-0.15, -0.1) is 11.8 Å². The van der Waals surface area contributed by atoms with Gasteiger partial charge in [0.1, 0.15) is 0 Å². The lowest BCUT2D eigenvalue weighted by Gasteiger charge is -2.15. The summed E-state index contributed by atoms with van der Waals surface area (Å²) in [5, 5.41) is 3.30. The molecule has 0 aliphatic rings. The van der Waals surface area contributed by atoms with E-state index in [0.717, 1.165) is 11.6 Å². The molecule has 0 amide bonds. The molecule has 0 saturated heterocycles. The van der Waals surface area contributed by atoms with E-state index in [1.165, 1.54) is 16.5 Å². The summed E-state index contributed by atoms with van der Waals surface area (Å²) in [7, 11) is 0. The van der Waals surface area contributed by atoms with Gasteiger partial charge < -0.3 is 5.32 Å². The molecule has 0 aromatic heterocycles. The zero-order valence-corrected chi connectivity index (χ0v) is 12.3. The van der Waals surface area contributed by atoms with E-state index >= 15 is 0 Å². The van der Waals surface area contributed by atoms with Crippen LogP contribution in [0.25, 0.3) is 0 Å². The molecule has 0 heterocycles.